The normalized spacial score (nSPS) is 10.6. The summed E-state index contributed by atoms with van der Waals surface area (Å²) >= 11 is 7.04. The van der Waals surface area contributed by atoms with Crippen LogP contribution in [0.25, 0.3) is 20.8 Å². The number of aromatic nitrogens is 1. The molecule has 0 saturated carbocycles. The largest absolute Gasteiger partial charge is 0.496 e. The van der Waals surface area contributed by atoms with Gasteiger partial charge in [-0.1, -0.05) is 30.3 Å². The first-order valence-corrected chi connectivity index (χ1v) is 11.0. The Morgan fingerprint density at radius 3 is 2.41 bits per heavy atom. The van der Waals surface area contributed by atoms with E-state index in [2.05, 4.69) is 16.7 Å². The Morgan fingerprint density at radius 2 is 1.72 bits per heavy atom. The number of benzene rings is 3. The number of anilines is 1. The number of thiocarbonyl (C=S) groups is 1. The molecule has 0 atom stereocenters. The van der Waals surface area contributed by atoms with Crippen LogP contribution in [0.1, 0.15) is 15.9 Å². The number of ether oxygens (including phenoxy) is 2. The highest BCUT2D eigenvalue weighted by molar-refractivity contribution is 7.80. The fourth-order valence-corrected chi connectivity index (χ4v) is 4.44. The van der Waals surface area contributed by atoms with Gasteiger partial charge in [-0.05, 0) is 55.0 Å². The molecule has 162 valence electrons. The molecule has 4 aromatic rings. The number of hydrogen-bond acceptors (Lipinski definition) is 6. The predicted octanol–water partition coefficient (Wildman–Crippen LogP) is 5.42. The molecule has 0 spiro atoms. The molecule has 1 aromatic heterocycles. The van der Waals surface area contributed by atoms with Crippen molar-refractivity contribution in [1.29, 1.82) is 0 Å². The summed E-state index contributed by atoms with van der Waals surface area (Å²) < 4.78 is 11.7. The van der Waals surface area contributed by atoms with Crippen molar-refractivity contribution < 1.29 is 14.3 Å². The Bertz CT molecular complexity index is 1260. The van der Waals surface area contributed by atoms with Crippen LogP contribution in [0.3, 0.4) is 0 Å². The van der Waals surface area contributed by atoms with E-state index in [1.54, 1.807) is 29.5 Å². The molecule has 0 aliphatic carbocycles. The molecule has 2 N–H and O–H groups in total. The zero-order valence-corrected chi connectivity index (χ0v) is 19.4. The van der Waals surface area contributed by atoms with Crippen molar-refractivity contribution >= 4 is 50.5 Å². The number of para-hydroxylation sites is 1. The van der Waals surface area contributed by atoms with Crippen molar-refractivity contribution in [2.24, 2.45) is 0 Å². The first kappa shape index (κ1) is 21.7. The molecule has 1 amide bonds. The van der Waals surface area contributed by atoms with Crippen LogP contribution in [0, 0.1) is 6.92 Å². The number of carbonyl (C=O) groups is 1. The van der Waals surface area contributed by atoms with Gasteiger partial charge in [-0.25, -0.2) is 4.98 Å². The minimum Gasteiger partial charge on any atom is -0.496 e. The number of carbonyl (C=O) groups excluding carboxylic acids is 1. The average molecular weight is 464 g/mol. The molecule has 8 heteroatoms. The minimum absolute atomic E-state index is 0.174. The molecular weight excluding hydrogens is 442 g/mol. The Kier molecular flexibility index (Phi) is 6.34. The lowest BCUT2D eigenvalue weighted by molar-refractivity contribution is 0.0971. The van der Waals surface area contributed by atoms with Crippen molar-refractivity contribution in [3.8, 4) is 22.1 Å². The molecule has 32 heavy (non-hydrogen) atoms. The van der Waals surface area contributed by atoms with Crippen molar-refractivity contribution in [2.75, 3.05) is 19.5 Å². The van der Waals surface area contributed by atoms with Crippen molar-refractivity contribution in [1.82, 2.24) is 10.3 Å². The maximum absolute atomic E-state index is 12.9. The Morgan fingerprint density at radius 1 is 1.00 bits per heavy atom. The van der Waals surface area contributed by atoms with Gasteiger partial charge in [-0.2, -0.15) is 0 Å². The molecule has 0 bridgehead atoms. The molecule has 1 heterocycles. The second-order valence-electron chi connectivity index (χ2n) is 6.96. The van der Waals surface area contributed by atoms with Gasteiger partial charge in [-0.3, -0.25) is 10.1 Å². The van der Waals surface area contributed by atoms with Gasteiger partial charge in [0.2, 0.25) is 0 Å². The summed E-state index contributed by atoms with van der Waals surface area (Å²) in [6, 6.07) is 19.2. The lowest BCUT2D eigenvalue weighted by atomic mass is 10.1. The van der Waals surface area contributed by atoms with Gasteiger partial charge in [0.25, 0.3) is 5.91 Å². The first-order chi connectivity index (χ1) is 15.5. The fraction of sp³-hybridized carbons (Fsp3) is 0.125. The summed E-state index contributed by atoms with van der Waals surface area (Å²) in [6.45, 7) is 1.97. The molecule has 3 aromatic carbocycles. The molecule has 0 saturated heterocycles. The Hall–Kier alpha value is -3.49. The summed E-state index contributed by atoms with van der Waals surface area (Å²) in [5, 5.41) is 6.93. The van der Waals surface area contributed by atoms with Crippen molar-refractivity contribution in [3.63, 3.8) is 0 Å². The number of hydrogen-bond donors (Lipinski definition) is 2. The van der Waals surface area contributed by atoms with Gasteiger partial charge in [-0.15, -0.1) is 11.3 Å². The summed E-state index contributed by atoms with van der Waals surface area (Å²) in [7, 11) is 3.00. The predicted molar refractivity (Wildman–Crippen MR) is 133 cm³/mol. The van der Waals surface area contributed by atoms with Gasteiger partial charge in [0, 0.05) is 11.3 Å². The Balaban J connectivity index is 1.55. The zero-order chi connectivity index (χ0) is 22.7. The summed E-state index contributed by atoms with van der Waals surface area (Å²) in [5.41, 5.74) is 4.00. The summed E-state index contributed by atoms with van der Waals surface area (Å²) in [6.07, 6.45) is 0. The second kappa shape index (κ2) is 9.33. The molecule has 0 aliphatic rings. The van der Waals surface area contributed by atoms with Crippen LogP contribution in [0.15, 0.2) is 60.7 Å². The highest BCUT2D eigenvalue weighted by atomic mass is 32.1. The van der Waals surface area contributed by atoms with Gasteiger partial charge < -0.3 is 14.8 Å². The third kappa shape index (κ3) is 4.42. The lowest BCUT2D eigenvalue weighted by Gasteiger charge is -2.15. The number of fused-ring (bicyclic) bond motifs is 1. The van der Waals surface area contributed by atoms with Crippen molar-refractivity contribution in [3.05, 3.63) is 71.8 Å². The van der Waals surface area contributed by atoms with Crippen LogP contribution in [-0.4, -0.2) is 30.2 Å². The quantitative estimate of drug-likeness (QED) is 0.385. The van der Waals surface area contributed by atoms with Crippen LogP contribution < -0.4 is 20.1 Å². The monoisotopic (exact) mass is 463 g/mol. The van der Waals surface area contributed by atoms with Crippen LogP contribution in [0.4, 0.5) is 5.69 Å². The Labute approximate surface area is 195 Å². The number of nitrogens with zero attached hydrogens (tertiary/aromatic N) is 1. The number of thiazole rings is 1. The van der Waals surface area contributed by atoms with E-state index >= 15 is 0 Å². The third-order valence-electron chi connectivity index (χ3n) is 4.91. The maximum atomic E-state index is 12.9. The van der Waals surface area contributed by atoms with E-state index in [-0.39, 0.29) is 10.7 Å². The topological polar surface area (TPSA) is 72.5 Å². The van der Waals surface area contributed by atoms with Gasteiger partial charge >= 0.3 is 0 Å². The summed E-state index contributed by atoms with van der Waals surface area (Å²) in [4.78, 5) is 17.6. The van der Waals surface area contributed by atoms with E-state index in [0.29, 0.717) is 11.5 Å². The van der Waals surface area contributed by atoms with Crippen LogP contribution in [0.5, 0.6) is 11.5 Å². The SMILES string of the molecule is COc1cccc(OC)c1C(=O)NC(=S)Nc1cc(-c2nc3ccccc3s2)ccc1C. The van der Waals surface area contributed by atoms with E-state index in [1.165, 1.54) is 14.2 Å². The fourth-order valence-electron chi connectivity index (χ4n) is 3.28. The number of rotatable bonds is 5. The highest BCUT2D eigenvalue weighted by Gasteiger charge is 2.19. The van der Waals surface area contributed by atoms with E-state index in [0.717, 1.165) is 32.0 Å². The number of aryl methyl sites for hydroxylation is 1. The van der Waals surface area contributed by atoms with Gasteiger partial charge in [0.15, 0.2) is 5.11 Å². The van der Waals surface area contributed by atoms with E-state index < -0.39 is 5.91 Å². The van der Waals surface area contributed by atoms with Crippen LogP contribution >= 0.6 is 23.6 Å². The van der Waals surface area contributed by atoms with E-state index in [9.17, 15) is 4.79 Å². The molecule has 0 unspecified atom stereocenters. The molecule has 0 fully saturated rings. The van der Waals surface area contributed by atoms with E-state index in [1.807, 2.05) is 43.3 Å². The smallest absolute Gasteiger partial charge is 0.264 e. The summed E-state index contributed by atoms with van der Waals surface area (Å²) in [5.74, 6) is 0.383. The van der Waals surface area contributed by atoms with Crippen LogP contribution in [-0.2, 0) is 0 Å². The number of amides is 1. The highest BCUT2D eigenvalue weighted by Crippen LogP contribution is 2.32. The number of nitrogens with one attached hydrogen (secondary N) is 2. The lowest BCUT2D eigenvalue weighted by Crippen LogP contribution is -2.34. The van der Waals surface area contributed by atoms with E-state index in [4.69, 9.17) is 26.7 Å². The van der Waals surface area contributed by atoms with Crippen LogP contribution in [0.2, 0.25) is 0 Å². The zero-order valence-electron chi connectivity index (χ0n) is 17.8. The average Bonchev–Trinajstić information content (AvgIpc) is 3.24. The van der Waals surface area contributed by atoms with Gasteiger partial charge in [0.1, 0.15) is 22.1 Å². The molecule has 6 nitrogen and oxygen atoms in total. The maximum Gasteiger partial charge on any atom is 0.264 e. The number of methoxy groups -OCH3 is 2. The first-order valence-electron chi connectivity index (χ1n) is 9.80. The second-order valence-corrected chi connectivity index (χ2v) is 8.40. The van der Waals surface area contributed by atoms with Crippen molar-refractivity contribution in [2.45, 2.75) is 6.92 Å². The van der Waals surface area contributed by atoms with Gasteiger partial charge in [0.05, 0.1) is 24.4 Å². The standard InChI is InChI=1S/C24H21N3O3S2/c1-14-11-12-15(23-25-16-7-4-5-10-20(16)32-23)13-17(14)26-24(31)27-22(28)21-18(29-2)8-6-9-19(21)30-3/h4-13H,1-3H3,(H2,26,27,28,31). The molecule has 0 radical (unpaired) electrons. The minimum atomic E-state index is -0.420. The third-order valence-corrected chi connectivity index (χ3v) is 6.20. The molecular formula is C24H21N3O3S2. The molecule has 4 rings (SSSR count). The molecule has 0 aliphatic heterocycles.